The van der Waals surface area contributed by atoms with E-state index in [0.717, 1.165) is 6.42 Å². The maximum Gasteiger partial charge on any atom is 0.326 e. The molecule has 114 valence electrons. The molecule has 0 spiro atoms. The number of nitrogens with zero attached hydrogens (tertiary/aromatic N) is 3. The largest absolute Gasteiger partial charge is 0.480 e. The minimum atomic E-state index is -0.815. The summed E-state index contributed by atoms with van der Waals surface area (Å²) in [5.74, 6) is 0.467. The van der Waals surface area contributed by atoms with Crippen molar-refractivity contribution < 1.29 is 15.0 Å². The lowest BCUT2D eigenvalue weighted by Gasteiger charge is -2.25. The van der Waals surface area contributed by atoms with Crippen LogP contribution in [0.15, 0.2) is 12.1 Å². The third-order valence-corrected chi connectivity index (χ3v) is 4.19. The Labute approximate surface area is 123 Å². The highest BCUT2D eigenvalue weighted by molar-refractivity contribution is 5.79. The van der Waals surface area contributed by atoms with Crippen LogP contribution in [-0.4, -0.2) is 52.9 Å². The minimum absolute atomic E-state index is 0.353. The molecule has 0 aliphatic carbocycles. The van der Waals surface area contributed by atoms with Crippen molar-refractivity contribution >= 4 is 23.3 Å². The molecule has 0 radical (unpaired) electrons. The van der Waals surface area contributed by atoms with Crippen LogP contribution in [0.1, 0.15) is 19.3 Å². The Balaban J connectivity index is 1.88. The Bertz CT molecular complexity index is 551. The normalized spacial score (nSPS) is 25.6. The molecule has 3 heterocycles. The number of nitrogens with two attached hydrogens (primary N) is 1. The van der Waals surface area contributed by atoms with Crippen LogP contribution in [0.3, 0.4) is 0 Å². The highest BCUT2D eigenvalue weighted by Crippen LogP contribution is 2.30. The number of hydrogen-bond donors (Lipinski definition) is 3. The first kappa shape index (κ1) is 13.9. The molecule has 7 heteroatoms. The first-order chi connectivity index (χ1) is 10.1. The molecule has 2 unspecified atom stereocenters. The molecule has 2 saturated heterocycles. The van der Waals surface area contributed by atoms with Gasteiger partial charge in [-0.2, -0.15) is 0 Å². The second-order valence-electron chi connectivity index (χ2n) is 5.66. The van der Waals surface area contributed by atoms with Crippen LogP contribution in [0.4, 0.5) is 17.3 Å². The lowest BCUT2D eigenvalue weighted by atomic mass is 10.2. The van der Waals surface area contributed by atoms with Gasteiger partial charge in [-0.25, -0.2) is 9.78 Å². The van der Waals surface area contributed by atoms with Crippen LogP contribution in [0.2, 0.25) is 0 Å². The van der Waals surface area contributed by atoms with Gasteiger partial charge in [0.15, 0.2) is 5.82 Å². The van der Waals surface area contributed by atoms with Crippen LogP contribution < -0.4 is 15.5 Å². The molecule has 0 bridgehead atoms. The molecule has 2 fully saturated rings. The number of anilines is 3. The van der Waals surface area contributed by atoms with Gasteiger partial charge in [0.05, 0.1) is 11.8 Å². The van der Waals surface area contributed by atoms with E-state index < -0.39 is 12.0 Å². The molecule has 0 aromatic carbocycles. The molecular formula is C14H20N4O3. The average molecular weight is 292 g/mol. The van der Waals surface area contributed by atoms with Gasteiger partial charge in [-0.3, -0.25) is 0 Å². The average Bonchev–Trinajstić information content (AvgIpc) is 3.08. The third-order valence-electron chi connectivity index (χ3n) is 4.19. The summed E-state index contributed by atoms with van der Waals surface area (Å²) in [6.45, 7) is 1.92. The zero-order valence-electron chi connectivity index (χ0n) is 11.8. The van der Waals surface area contributed by atoms with Gasteiger partial charge in [-0.15, -0.1) is 0 Å². The SMILES string of the molecule is Nc1ccc(N2CCCC2C(=O)O)nc1N1CCC(O)C1. The number of carbonyl (C=O) groups is 1. The second-order valence-corrected chi connectivity index (χ2v) is 5.66. The number of pyridine rings is 1. The standard InChI is InChI=1S/C14H20N4O3/c15-10-3-4-12(18-6-1-2-11(18)14(20)21)16-13(10)17-7-5-9(19)8-17/h3-4,9,11,19H,1-2,5-8,15H2,(H,20,21). The van der Waals surface area contributed by atoms with E-state index in [2.05, 4.69) is 4.98 Å². The van der Waals surface area contributed by atoms with Crippen molar-refractivity contribution in [2.75, 3.05) is 35.2 Å². The first-order valence-electron chi connectivity index (χ1n) is 7.25. The molecule has 4 N–H and O–H groups in total. The Morgan fingerprint density at radius 2 is 2.14 bits per heavy atom. The van der Waals surface area contributed by atoms with Gasteiger partial charge in [-0.1, -0.05) is 0 Å². The fraction of sp³-hybridized carbons (Fsp3) is 0.571. The van der Waals surface area contributed by atoms with Crippen molar-refractivity contribution in [3.8, 4) is 0 Å². The monoisotopic (exact) mass is 292 g/mol. The van der Waals surface area contributed by atoms with Gasteiger partial charge in [0, 0.05) is 19.6 Å². The summed E-state index contributed by atoms with van der Waals surface area (Å²) in [4.78, 5) is 19.6. The summed E-state index contributed by atoms with van der Waals surface area (Å²) < 4.78 is 0. The van der Waals surface area contributed by atoms with Crippen LogP contribution in [-0.2, 0) is 4.79 Å². The summed E-state index contributed by atoms with van der Waals surface area (Å²) in [6.07, 6.45) is 1.83. The maximum absolute atomic E-state index is 11.3. The summed E-state index contributed by atoms with van der Waals surface area (Å²) in [5, 5.41) is 18.9. The van der Waals surface area contributed by atoms with E-state index in [1.807, 2.05) is 9.80 Å². The lowest BCUT2D eigenvalue weighted by Crippen LogP contribution is -2.36. The van der Waals surface area contributed by atoms with Gasteiger partial charge in [0.1, 0.15) is 11.9 Å². The predicted molar refractivity (Wildman–Crippen MR) is 79.5 cm³/mol. The number of carboxylic acid groups (broad SMARTS) is 1. The quantitative estimate of drug-likeness (QED) is 0.735. The lowest BCUT2D eigenvalue weighted by molar-refractivity contribution is -0.138. The maximum atomic E-state index is 11.3. The molecule has 2 atom stereocenters. The summed E-state index contributed by atoms with van der Waals surface area (Å²) in [5.41, 5.74) is 6.54. The van der Waals surface area contributed by atoms with E-state index >= 15 is 0 Å². The van der Waals surface area contributed by atoms with E-state index in [-0.39, 0.29) is 6.10 Å². The fourth-order valence-corrected chi connectivity index (χ4v) is 3.09. The second kappa shape index (κ2) is 5.40. The minimum Gasteiger partial charge on any atom is -0.480 e. The van der Waals surface area contributed by atoms with Gasteiger partial charge in [0.2, 0.25) is 0 Å². The van der Waals surface area contributed by atoms with Crippen LogP contribution in [0, 0.1) is 0 Å². The van der Waals surface area contributed by atoms with Gasteiger partial charge in [0.25, 0.3) is 0 Å². The molecule has 1 aromatic heterocycles. The number of aliphatic hydroxyl groups is 1. The number of carboxylic acids is 1. The summed E-state index contributed by atoms with van der Waals surface area (Å²) in [7, 11) is 0. The third kappa shape index (κ3) is 2.61. The van der Waals surface area contributed by atoms with Gasteiger partial charge in [-0.05, 0) is 31.4 Å². The van der Waals surface area contributed by atoms with Crippen LogP contribution in [0.25, 0.3) is 0 Å². The van der Waals surface area contributed by atoms with Crippen LogP contribution in [0.5, 0.6) is 0 Å². The molecule has 21 heavy (non-hydrogen) atoms. The molecule has 0 saturated carbocycles. The number of aliphatic hydroxyl groups excluding tert-OH is 1. The van der Waals surface area contributed by atoms with Crippen molar-refractivity contribution in [2.24, 2.45) is 0 Å². The Morgan fingerprint density at radius 3 is 2.81 bits per heavy atom. The summed E-state index contributed by atoms with van der Waals surface area (Å²) >= 11 is 0. The fourth-order valence-electron chi connectivity index (χ4n) is 3.09. The zero-order chi connectivity index (χ0) is 15.0. The molecule has 2 aliphatic rings. The molecule has 2 aliphatic heterocycles. The molecule has 1 aromatic rings. The Kier molecular flexibility index (Phi) is 3.59. The number of nitrogen functional groups attached to an aromatic ring is 1. The van der Waals surface area contributed by atoms with E-state index in [4.69, 9.17) is 5.73 Å². The first-order valence-corrected chi connectivity index (χ1v) is 7.25. The smallest absolute Gasteiger partial charge is 0.326 e. The molecular weight excluding hydrogens is 272 g/mol. The number of hydrogen-bond acceptors (Lipinski definition) is 6. The molecule has 3 rings (SSSR count). The van der Waals surface area contributed by atoms with Crippen molar-refractivity contribution in [2.45, 2.75) is 31.4 Å². The van der Waals surface area contributed by atoms with E-state index in [9.17, 15) is 15.0 Å². The van der Waals surface area contributed by atoms with E-state index in [1.54, 1.807) is 12.1 Å². The van der Waals surface area contributed by atoms with E-state index in [0.29, 0.717) is 49.8 Å². The zero-order valence-corrected chi connectivity index (χ0v) is 11.8. The number of rotatable bonds is 3. The Morgan fingerprint density at radius 1 is 1.33 bits per heavy atom. The number of β-amino-alcohol motifs (C(OH)–C–C–N with tert-alkyl or cyclic N) is 1. The van der Waals surface area contributed by atoms with Crippen molar-refractivity contribution in [3.63, 3.8) is 0 Å². The molecule has 7 nitrogen and oxygen atoms in total. The number of aliphatic carboxylic acids is 1. The van der Waals surface area contributed by atoms with Crippen LogP contribution >= 0.6 is 0 Å². The summed E-state index contributed by atoms with van der Waals surface area (Å²) in [6, 6.07) is 3.02. The Hall–Kier alpha value is -2.02. The van der Waals surface area contributed by atoms with Crippen molar-refractivity contribution in [3.05, 3.63) is 12.1 Å². The highest BCUT2D eigenvalue weighted by atomic mass is 16.4. The number of aromatic nitrogens is 1. The van der Waals surface area contributed by atoms with Gasteiger partial charge < -0.3 is 25.7 Å². The van der Waals surface area contributed by atoms with E-state index in [1.165, 1.54) is 0 Å². The van der Waals surface area contributed by atoms with Gasteiger partial charge >= 0.3 is 5.97 Å². The topological polar surface area (TPSA) is 103 Å². The van der Waals surface area contributed by atoms with Crippen molar-refractivity contribution in [1.29, 1.82) is 0 Å². The predicted octanol–water partition coefficient (Wildman–Crippen LogP) is 0.288. The van der Waals surface area contributed by atoms with Crippen molar-refractivity contribution in [1.82, 2.24) is 4.98 Å². The molecule has 0 amide bonds. The highest BCUT2D eigenvalue weighted by Gasteiger charge is 2.32.